The molecule has 12 N–H and O–H groups in total. The number of carbonyl (C=O) groups is 4. The normalized spacial score (nSPS) is 18.7. The summed E-state index contributed by atoms with van der Waals surface area (Å²) in [4.78, 5) is 70.8. The Morgan fingerprint density at radius 2 is 0.708 bits per heavy atom. The number of alkyl halides is 2. The van der Waals surface area contributed by atoms with Crippen LogP contribution in [0, 0.1) is 28.9 Å². The standard InChI is InChI=1S/C20H22N2O.C20H24N2.C20H21NO.C18H25N3O4.C18H23NO3.C14H19N.C2H3N.CH2Cl2.CH4O.CH3.ClH.H3NO.2H2O.Pd/c23-21-19-14-20(18-9-5-4-8-17(18)19)10-12-22(13-11-20)15-16-6-2-1-3-7-16;1-2-6-17(7-3-1)16-22-14-11-20(12-15-22)10-13-21-19-9-5-4-8-18(19)20;22-19-14-20(18-9-5-4-8-17(18)19)10-12-21(13-11-20)15-16-6-2-1-3-7-16;1-17(2,3)25-16(22)20-10-7-18(8-11-20)6-9-19-15-12-13(21(23)24)4-5-14(15)18;1-17(2,3)22-16(21)19-10-8-18(9-11-19)12-15(20)13-6-4-5-7-14(13)18;1-4-8-14(9-5-1)10-11-15-13-7-3-2-6-12(13)14;1-2-3;2-1-3;1-2;;;1-2;;;/h1-9,23H,10-15H2;1-9,21H,10-16H2;1-9H,10-15H2;4-5,12,19H,6-11H2,1-3H3;4-7H,8-12H2,1-3H3;2-3,6-7,15H,1,4-5,8-11H2;1H3;1H2;2H,1H3;1H3;1H;2H,1H2;2*1H2;/q;;;;;;;;;-1;;;;;/b21-19-;;;;;;;;;;;;;;. The van der Waals surface area contributed by atoms with Gasteiger partial charge in [0.1, 0.15) is 11.2 Å². The molecule has 8 aliphatic heterocycles. The minimum Gasteiger partial charge on any atom is -0.444 e. The number of rotatable bonds is 7. The number of nitrogens with two attached hydrogens (primary N) is 1. The van der Waals surface area contributed by atoms with Crippen molar-refractivity contribution in [1.82, 2.24) is 24.5 Å². The van der Waals surface area contributed by atoms with Crippen molar-refractivity contribution in [2.75, 3.05) is 113 Å². The summed E-state index contributed by atoms with van der Waals surface area (Å²) in [5.41, 5.74) is 20.1. The van der Waals surface area contributed by atoms with Gasteiger partial charge >= 0.3 is 12.2 Å². The average Bonchev–Trinajstić information content (AvgIpc) is 1.37. The molecule has 784 valence electrons. The topological polar surface area (TPSA) is 368 Å². The number of amides is 2. The van der Waals surface area contributed by atoms with E-state index in [0.29, 0.717) is 55.6 Å². The van der Waals surface area contributed by atoms with Crippen molar-refractivity contribution in [3.8, 4) is 6.07 Å². The van der Waals surface area contributed by atoms with E-state index in [2.05, 4.69) is 218 Å². The van der Waals surface area contributed by atoms with Crippen molar-refractivity contribution in [3.63, 3.8) is 0 Å². The molecule has 144 heavy (non-hydrogen) atoms. The molecule has 0 unspecified atom stereocenters. The SMILES string of the molecule is CC#N.CC(C)(C)OC(=O)N1CCC2(CC1)CC(=O)c1ccccc12.CC(C)(C)OC(=O)N1CCC2(CCNc3cc([N+](=O)[O-])ccc32)CC1.CO.Cl.ClCCl.NO.O.O.O/N=C1/CC2(CCN(Cc3ccccc3)CC2)c2ccccc21.O=C1CC2(CCN(Cc3ccccc3)CC2)c2ccccc21.[CH3-].[Pd].c1ccc(CN2CCC3(CCNc4ccccc43)CC2)cc1.c1ccc2c(c1)NCCC21CCCCC1. The van der Waals surface area contributed by atoms with Gasteiger partial charge in [0.05, 0.1) is 22.0 Å². The predicted octanol–water partition coefficient (Wildman–Crippen LogP) is 22.7. The number of nitrogens with zero attached hydrogens (tertiary/aromatic N) is 8. The van der Waals surface area contributed by atoms with Crippen LogP contribution in [0.25, 0.3) is 0 Å². The number of Topliss-reactive ketones (excluding diaryl/α,β-unsaturated/α-hetero) is 2. The summed E-state index contributed by atoms with van der Waals surface area (Å²) >= 11 is 9.53. The summed E-state index contributed by atoms with van der Waals surface area (Å²) in [5, 5.41) is 55.3. The zero-order valence-electron chi connectivity index (χ0n) is 85.6. The number of carbonyl (C=O) groups excluding carboxylic acids is 4. The van der Waals surface area contributed by atoms with Crippen molar-refractivity contribution in [1.29, 1.82) is 5.26 Å². The molecule has 1 saturated carbocycles. The van der Waals surface area contributed by atoms with E-state index in [1.807, 2.05) is 84.0 Å². The molecular formula is C115H154Cl3N12O13Pd-. The number of piperidine rings is 5. The predicted molar refractivity (Wildman–Crippen MR) is 578 cm³/mol. The Kier molecular flexibility index (Phi) is 47.5. The molecule has 0 radical (unpaired) electrons. The molecule has 9 aromatic rings. The average molecular weight is 2130 g/mol. The van der Waals surface area contributed by atoms with Crippen LogP contribution in [0.3, 0.4) is 0 Å². The maximum atomic E-state index is 12.3. The Balaban J connectivity index is 0.000000229. The van der Waals surface area contributed by atoms with Crippen LogP contribution in [0.5, 0.6) is 0 Å². The van der Waals surface area contributed by atoms with Gasteiger partial charge < -0.3 is 69.1 Å². The number of hydrogen-bond donors (Lipinski definition) is 7. The number of aliphatic hydroxyl groups excluding tert-OH is 1. The first-order chi connectivity index (χ1) is 67.2. The second kappa shape index (κ2) is 56.7. The zero-order valence-corrected chi connectivity index (χ0v) is 89.4. The number of nitrogens with one attached hydrogen (secondary N) is 3. The van der Waals surface area contributed by atoms with Crippen molar-refractivity contribution >= 4 is 87.8 Å². The first-order valence-corrected chi connectivity index (χ1v) is 50.9. The Morgan fingerprint density at radius 1 is 0.431 bits per heavy atom. The number of halogens is 3. The second-order valence-corrected chi connectivity index (χ2v) is 41.8. The van der Waals surface area contributed by atoms with E-state index in [9.17, 15) is 34.5 Å². The number of nitriles is 1. The molecule has 5 saturated heterocycles. The summed E-state index contributed by atoms with van der Waals surface area (Å²) in [6.07, 6.45) is 22.8. The van der Waals surface area contributed by atoms with E-state index >= 15 is 0 Å². The number of hydrogen-bond acceptors (Lipinski definition) is 20. The number of fused-ring (bicyclic) bond motifs is 12. The number of ketones is 2. The van der Waals surface area contributed by atoms with Gasteiger partial charge in [-0.1, -0.05) is 225 Å². The monoisotopic (exact) mass is 2120 g/mol. The fourth-order valence-corrected chi connectivity index (χ4v) is 23.3. The van der Waals surface area contributed by atoms with E-state index < -0.39 is 11.2 Å². The third kappa shape index (κ3) is 30.5. The molecule has 9 aromatic carbocycles. The van der Waals surface area contributed by atoms with Crippen LogP contribution in [-0.4, -0.2) is 194 Å². The van der Waals surface area contributed by atoms with Crippen LogP contribution in [-0.2, 0) is 82.0 Å². The number of likely N-dealkylation sites (tertiary alicyclic amines) is 5. The second-order valence-electron chi connectivity index (χ2n) is 41.0. The summed E-state index contributed by atoms with van der Waals surface area (Å²) < 4.78 is 10.9. The quantitative estimate of drug-likeness (QED) is 0.0195. The molecule has 0 atom stereocenters. The maximum Gasteiger partial charge on any atom is 0.410 e. The summed E-state index contributed by atoms with van der Waals surface area (Å²) in [6.45, 7) is 28.3. The molecule has 21 rings (SSSR count). The summed E-state index contributed by atoms with van der Waals surface area (Å²) in [6, 6.07) is 81.5. The number of ether oxygens (including phenoxy) is 2. The minimum absolute atomic E-state index is 0. The molecule has 0 aromatic heterocycles. The van der Waals surface area contributed by atoms with Crippen molar-refractivity contribution in [2.45, 2.75) is 247 Å². The maximum absolute atomic E-state index is 12.3. The van der Waals surface area contributed by atoms with E-state index in [1.54, 1.807) is 39.1 Å². The number of nitro groups is 1. The van der Waals surface area contributed by atoms with Crippen LogP contribution in [0.1, 0.15) is 260 Å². The van der Waals surface area contributed by atoms with Gasteiger partial charge in [0.2, 0.25) is 0 Å². The van der Waals surface area contributed by atoms with E-state index in [1.165, 1.54) is 123 Å². The van der Waals surface area contributed by atoms with Gasteiger partial charge in [-0.25, -0.2) is 15.5 Å². The minimum atomic E-state index is -0.494. The smallest absolute Gasteiger partial charge is 0.410 e. The zero-order chi connectivity index (χ0) is 99.3. The van der Waals surface area contributed by atoms with E-state index in [-0.39, 0.29) is 107 Å². The Bertz CT molecular complexity index is 5570. The van der Waals surface area contributed by atoms with Crippen molar-refractivity contribution in [2.24, 2.45) is 11.1 Å². The molecule has 29 heteroatoms. The van der Waals surface area contributed by atoms with Gasteiger partial charge in [0.15, 0.2) is 11.6 Å². The van der Waals surface area contributed by atoms with Crippen LogP contribution >= 0.6 is 35.6 Å². The van der Waals surface area contributed by atoms with Gasteiger partial charge in [-0.2, -0.15) is 5.26 Å². The molecule has 25 nitrogen and oxygen atoms in total. The number of anilines is 3. The van der Waals surface area contributed by atoms with Crippen molar-refractivity contribution < 1.29 is 80.5 Å². The molecule has 6 spiro atoms. The van der Waals surface area contributed by atoms with Crippen LogP contribution in [0.15, 0.2) is 236 Å². The molecular weight excluding hydrogens is 1970 g/mol. The van der Waals surface area contributed by atoms with E-state index in [4.69, 9.17) is 48.3 Å². The number of para-hydroxylation sites is 2. The van der Waals surface area contributed by atoms with Gasteiger partial charge in [-0.05, 0) is 251 Å². The number of nitro benzene ring substituents is 1. The van der Waals surface area contributed by atoms with Crippen LogP contribution < -0.4 is 21.8 Å². The molecule has 2 amide bonds. The molecule has 8 heterocycles. The Labute approximate surface area is 884 Å². The fourth-order valence-electron chi connectivity index (χ4n) is 23.3. The number of benzene rings is 9. The molecule has 12 aliphatic rings. The van der Waals surface area contributed by atoms with Crippen LogP contribution in [0.2, 0.25) is 0 Å². The largest absolute Gasteiger partial charge is 0.444 e. The number of aliphatic hydroxyl groups is 1. The van der Waals surface area contributed by atoms with Gasteiger partial charge in [0, 0.05) is 192 Å². The first-order valence-electron chi connectivity index (χ1n) is 49.8. The molecule has 4 aliphatic carbocycles. The Morgan fingerprint density at radius 3 is 1.06 bits per heavy atom. The molecule has 6 fully saturated rings. The first kappa shape index (κ1) is 121. The van der Waals surface area contributed by atoms with Gasteiger partial charge in [0.25, 0.3) is 5.69 Å². The fraction of sp³-hybridized carbons (Fsp3) is 0.470. The van der Waals surface area contributed by atoms with Gasteiger partial charge in [-0.15, -0.1) is 35.6 Å². The van der Waals surface area contributed by atoms with E-state index in [0.717, 1.165) is 170 Å². The number of oxime groups is 1. The summed E-state index contributed by atoms with van der Waals surface area (Å²) in [5.74, 6) is 4.08. The van der Waals surface area contributed by atoms with Crippen LogP contribution in [0.4, 0.5) is 32.3 Å². The van der Waals surface area contributed by atoms with Gasteiger partial charge in [-0.3, -0.25) is 34.4 Å². The summed E-state index contributed by atoms with van der Waals surface area (Å²) in [7, 11) is 1.00. The number of non-ortho nitro benzene ring substituents is 1. The van der Waals surface area contributed by atoms with Crippen molar-refractivity contribution in [3.05, 3.63) is 315 Å². The third-order valence-electron chi connectivity index (χ3n) is 30.3. The molecule has 0 bridgehead atoms. The Hall–Kier alpha value is -10.2. The third-order valence-corrected chi connectivity index (χ3v) is 30.3.